The van der Waals surface area contributed by atoms with E-state index in [1.54, 1.807) is 5.57 Å². The van der Waals surface area contributed by atoms with Gasteiger partial charge in [0.2, 0.25) is 0 Å². The van der Waals surface area contributed by atoms with Gasteiger partial charge >= 0.3 is 6.09 Å². The van der Waals surface area contributed by atoms with Gasteiger partial charge in [0.25, 0.3) is 0 Å². The summed E-state index contributed by atoms with van der Waals surface area (Å²) in [7, 11) is 0. The summed E-state index contributed by atoms with van der Waals surface area (Å²) >= 11 is 0. The maximum absolute atomic E-state index is 12.5. The molecule has 4 unspecified atom stereocenters. The van der Waals surface area contributed by atoms with Crippen LogP contribution in [0.25, 0.3) is 0 Å². The van der Waals surface area contributed by atoms with Crippen LogP contribution < -0.4 is 5.32 Å². The molecule has 0 aromatic heterocycles. The maximum atomic E-state index is 12.5. The summed E-state index contributed by atoms with van der Waals surface area (Å²) in [5, 5.41) is 3.23. The molecule has 0 aliphatic heterocycles. The quantitative estimate of drug-likeness (QED) is 0.202. The van der Waals surface area contributed by atoms with Gasteiger partial charge in [-0.1, -0.05) is 98.1 Å². The maximum Gasteiger partial charge on any atom is 0.407 e. The van der Waals surface area contributed by atoms with E-state index in [1.807, 2.05) is 0 Å². The fraction of sp³-hybridized carbons (Fsp3) is 0.914. The molecule has 1 amide bonds. The predicted molar refractivity (Wildman–Crippen MR) is 160 cm³/mol. The van der Waals surface area contributed by atoms with Gasteiger partial charge in [-0.15, -0.1) is 0 Å². The van der Waals surface area contributed by atoms with Crippen LogP contribution in [0.5, 0.6) is 0 Å². The minimum atomic E-state index is -0.198. The molecule has 3 fully saturated rings. The molecular weight excluding hydrogens is 466 g/mol. The molecule has 0 bridgehead atoms. The summed E-state index contributed by atoms with van der Waals surface area (Å²) in [6.45, 7) is 15.4. The van der Waals surface area contributed by atoms with Crippen molar-refractivity contribution in [3.05, 3.63) is 11.6 Å². The topological polar surface area (TPSA) is 38.3 Å². The summed E-state index contributed by atoms with van der Waals surface area (Å²) in [6, 6.07) is 0.245. The number of hydrogen-bond donors (Lipinski definition) is 1. The summed E-state index contributed by atoms with van der Waals surface area (Å²) in [4.78, 5) is 12.5. The van der Waals surface area contributed by atoms with E-state index in [-0.39, 0.29) is 12.1 Å². The molecule has 38 heavy (non-hydrogen) atoms. The molecule has 0 aromatic carbocycles. The van der Waals surface area contributed by atoms with Gasteiger partial charge in [0, 0.05) is 6.04 Å². The van der Waals surface area contributed by atoms with Crippen LogP contribution in [0.2, 0.25) is 0 Å². The highest BCUT2D eigenvalue weighted by Crippen LogP contribution is 2.67. The van der Waals surface area contributed by atoms with Crippen molar-refractivity contribution in [2.75, 3.05) is 6.61 Å². The summed E-state index contributed by atoms with van der Waals surface area (Å²) in [5.41, 5.74) is 2.54. The van der Waals surface area contributed by atoms with Crippen molar-refractivity contribution in [1.29, 1.82) is 0 Å². The summed E-state index contributed by atoms with van der Waals surface area (Å²) in [5.74, 6) is 5.27. The monoisotopic (exact) mass is 527 g/mol. The number of nitrogens with one attached hydrogen (secondary N) is 1. The fourth-order valence-corrected chi connectivity index (χ4v) is 9.89. The number of unbranched alkanes of at least 4 members (excludes halogenated alkanes) is 4. The van der Waals surface area contributed by atoms with Crippen LogP contribution >= 0.6 is 0 Å². The SMILES string of the molecule is CCCCCCCOC(=O)NC1CC[C@@]2(C)C(=CCC3C2CC[C@@]2(C)C3CC[C@@H]2[C@H](C)CCCC(C)C)C1. The third-order valence-corrected chi connectivity index (χ3v) is 12.1. The molecule has 0 radical (unpaired) electrons. The number of carbonyl (C=O) groups excluding carboxylic acids is 1. The van der Waals surface area contributed by atoms with E-state index in [4.69, 9.17) is 4.74 Å². The normalized spacial score (nSPS) is 37.1. The Hall–Kier alpha value is -0.990. The van der Waals surface area contributed by atoms with Crippen molar-refractivity contribution in [1.82, 2.24) is 5.32 Å². The van der Waals surface area contributed by atoms with Crippen molar-refractivity contribution in [2.45, 2.75) is 150 Å². The highest BCUT2D eigenvalue weighted by atomic mass is 16.5. The zero-order chi connectivity index (χ0) is 27.3. The second-order valence-electron chi connectivity index (χ2n) is 14.9. The van der Waals surface area contributed by atoms with E-state index in [0.717, 1.165) is 61.2 Å². The molecule has 3 saturated carbocycles. The van der Waals surface area contributed by atoms with Crippen LogP contribution in [0, 0.1) is 46.3 Å². The average Bonchev–Trinajstić information content (AvgIpc) is 3.23. The van der Waals surface area contributed by atoms with Gasteiger partial charge < -0.3 is 10.1 Å². The highest BCUT2D eigenvalue weighted by molar-refractivity contribution is 5.67. The molecule has 218 valence electrons. The van der Waals surface area contributed by atoms with Crippen molar-refractivity contribution in [3.63, 3.8) is 0 Å². The lowest BCUT2D eigenvalue weighted by Gasteiger charge is -2.58. The second kappa shape index (κ2) is 13.1. The molecule has 4 aliphatic rings. The van der Waals surface area contributed by atoms with Crippen molar-refractivity contribution in [3.8, 4) is 0 Å². The first-order valence-corrected chi connectivity index (χ1v) is 16.8. The lowest BCUT2D eigenvalue weighted by Crippen LogP contribution is -2.52. The summed E-state index contributed by atoms with van der Waals surface area (Å²) < 4.78 is 5.53. The number of rotatable bonds is 12. The lowest BCUT2D eigenvalue weighted by molar-refractivity contribution is -0.0514. The zero-order valence-electron chi connectivity index (χ0n) is 26.0. The smallest absolute Gasteiger partial charge is 0.407 e. The Morgan fingerprint density at radius 2 is 1.76 bits per heavy atom. The third kappa shape index (κ3) is 6.49. The molecule has 1 N–H and O–H groups in total. The number of fused-ring (bicyclic) bond motifs is 5. The highest BCUT2D eigenvalue weighted by Gasteiger charge is 2.59. The molecular formula is C35H61NO2. The molecule has 8 atom stereocenters. The molecule has 3 nitrogen and oxygen atoms in total. The Morgan fingerprint density at radius 1 is 0.974 bits per heavy atom. The van der Waals surface area contributed by atoms with Gasteiger partial charge in [-0.05, 0) is 104 Å². The molecule has 0 aromatic rings. The number of alkyl carbamates (subject to hydrolysis) is 1. The molecule has 4 rings (SSSR count). The van der Waals surface area contributed by atoms with Crippen LogP contribution in [0.15, 0.2) is 11.6 Å². The van der Waals surface area contributed by atoms with Gasteiger partial charge in [0.1, 0.15) is 0 Å². The minimum Gasteiger partial charge on any atom is -0.450 e. The van der Waals surface area contributed by atoms with Crippen LogP contribution in [-0.4, -0.2) is 18.7 Å². The largest absolute Gasteiger partial charge is 0.450 e. The van der Waals surface area contributed by atoms with E-state index in [9.17, 15) is 4.79 Å². The molecule has 0 heterocycles. The zero-order valence-corrected chi connectivity index (χ0v) is 26.0. The number of hydrogen-bond acceptors (Lipinski definition) is 2. The fourth-order valence-electron chi connectivity index (χ4n) is 9.89. The van der Waals surface area contributed by atoms with E-state index >= 15 is 0 Å². The molecule has 3 heteroatoms. The van der Waals surface area contributed by atoms with Gasteiger partial charge in [0.15, 0.2) is 0 Å². The molecule has 4 aliphatic carbocycles. The number of amides is 1. The Kier molecular flexibility index (Phi) is 10.3. The van der Waals surface area contributed by atoms with E-state index in [2.05, 4.69) is 52.9 Å². The predicted octanol–water partition coefficient (Wildman–Crippen LogP) is 10.1. The van der Waals surface area contributed by atoms with Gasteiger partial charge in [0.05, 0.1) is 6.61 Å². The number of allylic oxidation sites excluding steroid dienone is 1. The Bertz CT molecular complexity index is 804. The minimum absolute atomic E-state index is 0.198. The van der Waals surface area contributed by atoms with E-state index < -0.39 is 0 Å². The van der Waals surface area contributed by atoms with Gasteiger partial charge in [-0.3, -0.25) is 0 Å². The third-order valence-electron chi connectivity index (χ3n) is 12.1. The molecule has 0 saturated heterocycles. The molecule has 0 spiro atoms. The van der Waals surface area contributed by atoms with Crippen molar-refractivity contribution >= 4 is 6.09 Å². The van der Waals surface area contributed by atoms with Gasteiger partial charge in [-0.2, -0.15) is 0 Å². The first-order chi connectivity index (χ1) is 18.2. The Morgan fingerprint density at radius 3 is 2.53 bits per heavy atom. The van der Waals surface area contributed by atoms with Crippen LogP contribution in [-0.2, 0) is 4.74 Å². The van der Waals surface area contributed by atoms with Crippen molar-refractivity contribution < 1.29 is 9.53 Å². The first-order valence-electron chi connectivity index (χ1n) is 16.8. The number of carbonyl (C=O) groups is 1. The lowest BCUT2D eigenvalue weighted by atomic mass is 9.47. The van der Waals surface area contributed by atoms with Crippen LogP contribution in [0.3, 0.4) is 0 Å². The Labute approximate surface area is 235 Å². The van der Waals surface area contributed by atoms with Crippen LogP contribution in [0.4, 0.5) is 4.79 Å². The summed E-state index contributed by atoms with van der Waals surface area (Å²) in [6.07, 6.45) is 23.0. The van der Waals surface area contributed by atoms with E-state index in [1.165, 1.54) is 77.0 Å². The first kappa shape index (κ1) is 30.0. The van der Waals surface area contributed by atoms with E-state index in [0.29, 0.717) is 17.4 Å². The second-order valence-corrected chi connectivity index (χ2v) is 14.9. The number of ether oxygens (including phenoxy) is 1. The van der Waals surface area contributed by atoms with Gasteiger partial charge in [-0.25, -0.2) is 4.79 Å². The van der Waals surface area contributed by atoms with Crippen LogP contribution in [0.1, 0.15) is 144 Å². The van der Waals surface area contributed by atoms with Crippen molar-refractivity contribution in [2.24, 2.45) is 46.3 Å². The Balaban J connectivity index is 1.31. The average molecular weight is 528 g/mol. The standard InChI is InChI=1S/C35H61NO2/c1-7-8-9-10-11-23-38-33(37)36-28-19-21-34(5)27(24-28)15-16-29-31-18-17-30(26(4)14-12-13-25(2)3)35(31,6)22-20-32(29)34/h15,25-26,28-32H,7-14,16-24H2,1-6H3,(H,36,37)/t26-,28?,29?,30-,31?,32?,34+,35-/m1/s1.